The molecule has 5 heteroatoms. The van der Waals surface area contributed by atoms with Gasteiger partial charge < -0.3 is 20.5 Å². The van der Waals surface area contributed by atoms with Crippen LogP contribution in [0.4, 0.5) is 4.79 Å². The average molecular weight is 318 g/mol. The lowest BCUT2D eigenvalue weighted by atomic mass is 9.89. The summed E-state index contributed by atoms with van der Waals surface area (Å²) in [6, 6.07) is 7.84. The van der Waals surface area contributed by atoms with Crippen molar-refractivity contribution < 1.29 is 14.6 Å². The Bertz CT molecular complexity index is 565. The SMILES string of the molecule is CC1(C)CC(NC(=O)NC2CCC(O)CC2)c2ccccc2O1. The lowest BCUT2D eigenvalue weighted by Gasteiger charge is -2.38. The normalized spacial score (nSPS) is 29.1. The van der Waals surface area contributed by atoms with Crippen molar-refractivity contribution in [3.8, 4) is 5.75 Å². The highest BCUT2D eigenvalue weighted by Crippen LogP contribution is 2.39. The molecule has 1 fully saturated rings. The molecule has 0 bridgehead atoms. The Labute approximate surface area is 137 Å². The number of carbonyl (C=O) groups is 1. The standard InChI is InChI=1S/C18H26N2O3/c1-18(2)11-15(14-5-3-4-6-16(14)23-18)20-17(22)19-12-7-9-13(21)10-8-12/h3-6,12-13,15,21H,7-11H2,1-2H3,(H2,19,20,22). The summed E-state index contributed by atoms with van der Waals surface area (Å²) in [4.78, 5) is 12.4. The molecule has 1 aliphatic carbocycles. The van der Waals surface area contributed by atoms with Crippen LogP contribution in [-0.2, 0) is 0 Å². The zero-order chi connectivity index (χ0) is 16.4. The first-order valence-corrected chi connectivity index (χ1v) is 8.46. The maximum atomic E-state index is 12.4. The van der Waals surface area contributed by atoms with Crippen LogP contribution in [0.15, 0.2) is 24.3 Å². The van der Waals surface area contributed by atoms with Crippen LogP contribution in [0, 0.1) is 0 Å². The van der Waals surface area contributed by atoms with E-state index in [1.165, 1.54) is 0 Å². The van der Waals surface area contributed by atoms with Gasteiger partial charge in [-0.1, -0.05) is 18.2 Å². The molecule has 1 unspecified atom stereocenters. The molecule has 1 atom stereocenters. The highest BCUT2D eigenvalue weighted by molar-refractivity contribution is 5.75. The predicted octanol–water partition coefficient (Wildman–Crippen LogP) is 2.89. The number of hydrogen-bond donors (Lipinski definition) is 3. The van der Waals surface area contributed by atoms with Crippen molar-refractivity contribution in [1.82, 2.24) is 10.6 Å². The number of urea groups is 1. The van der Waals surface area contributed by atoms with Gasteiger partial charge in [-0.05, 0) is 45.6 Å². The van der Waals surface area contributed by atoms with E-state index in [4.69, 9.17) is 4.74 Å². The summed E-state index contributed by atoms with van der Waals surface area (Å²) in [5.41, 5.74) is 0.724. The summed E-state index contributed by atoms with van der Waals surface area (Å²) < 4.78 is 5.99. The summed E-state index contributed by atoms with van der Waals surface area (Å²) in [6.45, 7) is 4.08. The quantitative estimate of drug-likeness (QED) is 0.785. The number of fused-ring (bicyclic) bond motifs is 1. The second-order valence-corrected chi connectivity index (χ2v) is 7.28. The van der Waals surface area contributed by atoms with E-state index in [0.717, 1.165) is 43.4 Å². The Kier molecular flexibility index (Phi) is 4.48. The third-order valence-electron chi connectivity index (χ3n) is 4.71. The van der Waals surface area contributed by atoms with Gasteiger partial charge in [0, 0.05) is 18.0 Å². The van der Waals surface area contributed by atoms with Crippen LogP contribution in [0.5, 0.6) is 5.75 Å². The summed E-state index contributed by atoms with van der Waals surface area (Å²) in [6.07, 6.45) is 3.73. The van der Waals surface area contributed by atoms with Crippen molar-refractivity contribution >= 4 is 6.03 Å². The first-order chi connectivity index (χ1) is 10.9. The van der Waals surface area contributed by atoms with Crippen LogP contribution in [0.1, 0.15) is 57.6 Å². The molecule has 1 heterocycles. The molecular formula is C18H26N2O3. The Morgan fingerprint density at radius 1 is 1.17 bits per heavy atom. The zero-order valence-corrected chi connectivity index (χ0v) is 13.8. The van der Waals surface area contributed by atoms with Gasteiger partial charge in [0.25, 0.3) is 0 Å². The van der Waals surface area contributed by atoms with Crippen LogP contribution in [0.3, 0.4) is 0 Å². The van der Waals surface area contributed by atoms with Crippen molar-refractivity contribution in [3.05, 3.63) is 29.8 Å². The fourth-order valence-electron chi connectivity index (χ4n) is 3.54. The second kappa shape index (κ2) is 6.40. The van der Waals surface area contributed by atoms with Crippen LogP contribution in [0.2, 0.25) is 0 Å². The van der Waals surface area contributed by atoms with Crippen molar-refractivity contribution in [2.24, 2.45) is 0 Å². The van der Waals surface area contributed by atoms with Gasteiger partial charge in [0.1, 0.15) is 11.4 Å². The number of ether oxygens (including phenoxy) is 1. The lowest BCUT2D eigenvalue weighted by Crippen LogP contribution is -2.48. The fourth-order valence-corrected chi connectivity index (χ4v) is 3.54. The number of para-hydroxylation sites is 1. The highest BCUT2D eigenvalue weighted by Gasteiger charge is 2.34. The van der Waals surface area contributed by atoms with E-state index in [1.54, 1.807) is 0 Å². The first kappa shape index (κ1) is 16.1. The van der Waals surface area contributed by atoms with Gasteiger partial charge in [-0.2, -0.15) is 0 Å². The number of nitrogens with one attached hydrogen (secondary N) is 2. The molecule has 0 spiro atoms. The largest absolute Gasteiger partial charge is 0.487 e. The van der Waals surface area contributed by atoms with Gasteiger partial charge in [-0.3, -0.25) is 0 Å². The summed E-state index contributed by atoms with van der Waals surface area (Å²) in [5, 5.41) is 15.7. The molecule has 1 aliphatic heterocycles. The third kappa shape index (κ3) is 3.96. The number of aliphatic hydroxyl groups is 1. The van der Waals surface area contributed by atoms with Gasteiger partial charge >= 0.3 is 6.03 Å². The number of hydrogen-bond acceptors (Lipinski definition) is 3. The van der Waals surface area contributed by atoms with E-state index in [-0.39, 0.29) is 29.8 Å². The van der Waals surface area contributed by atoms with E-state index >= 15 is 0 Å². The molecular weight excluding hydrogens is 292 g/mol. The lowest BCUT2D eigenvalue weighted by molar-refractivity contribution is 0.0675. The topological polar surface area (TPSA) is 70.6 Å². The van der Waals surface area contributed by atoms with Gasteiger partial charge in [-0.15, -0.1) is 0 Å². The molecule has 1 aromatic rings. The minimum Gasteiger partial charge on any atom is -0.487 e. The van der Waals surface area contributed by atoms with Crippen molar-refractivity contribution in [2.75, 3.05) is 0 Å². The van der Waals surface area contributed by atoms with Crippen LogP contribution in [-0.4, -0.2) is 28.9 Å². The average Bonchev–Trinajstić information content (AvgIpc) is 2.48. The molecule has 23 heavy (non-hydrogen) atoms. The molecule has 5 nitrogen and oxygen atoms in total. The minimum atomic E-state index is -0.304. The van der Waals surface area contributed by atoms with Crippen molar-refractivity contribution in [2.45, 2.75) is 69.7 Å². The van der Waals surface area contributed by atoms with Crippen LogP contribution in [0.25, 0.3) is 0 Å². The van der Waals surface area contributed by atoms with E-state index in [1.807, 2.05) is 38.1 Å². The van der Waals surface area contributed by atoms with Gasteiger partial charge in [0.15, 0.2) is 0 Å². The Morgan fingerprint density at radius 3 is 2.61 bits per heavy atom. The maximum absolute atomic E-state index is 12.4. The van der Waals surface area contributed by atoms with E-state index < -0.39 is 0 Å². The number of rotatable bonds is 2. The zero-order valence-electron chi connectivity index (χ0n) is 13.8. The second-order valence-electron chi connectivity index (χ2n) is 7.28. The molecule has 0 aromatic heterocycles. The summed E-state index contributed by atoms with van der Waals surface area (Å²) in [5.74, 6) is 0.842. The van der Waals surface area contributed by atoms with Crippen LogP contribution < -0.4 is 15.4 Å². The Hall–Kier alpha value is -1.75. The maximum Gasteiger partial charge on any atom is 0.315 e. The van der Waals surface area contributed by atoms with E-state index in [0.29, 0.717) is 0 Å². The third-order valence-corrected chi connectivity index (χ3v) is 4.71. The van der Waals surface area contributed by atoms with Crippen molar-refractivity contribution in [1.29, 1.82) is 0 Å². The number of carbonyl (C=O) groups excluding carboxylic acids is 1. The molecule has 2 aliphatic rings. The monoisotopic (exact) mass is 318 g/mol. The fraction of sp³-hybridized carbons (Fsp3) is 0.611. The molecule has 1 saturated carbocycles. The molecule has 3 rings (SSSR count). The summed E-state index contributed by atoms with van der Waals surface area (Å²) >= 11 is 0. The molecule has 126 valence electrons. The smallest absolute Gasteiger partial charge is 0.315 e. The molecule has 0 radical (unpaired) electrons. The van der Waals surface area contributed by atoms with Gasteiger partial charge in [0.2, 0.25) is 0 Å². The number of benzene rings is 1. The van der Waals surface area contributed by atoms with Crippen molar-refractivity contribution in [3.63, 3.8) is 0 Å². The molecule has 3 N–H and O–H groups in total. The molecule has 0 saturated heterocycles. The number of amides is 2. The van der Waals surface area contributed by atoms with Gasteiger partial charge in [-0.25, -0.2) is 4.79 Å². The van der Waals surface area contributed by atoms with E-state index in [9.17, 15) is 9.90 Å². The van der Waals surface area contributed by atoms with Gasteiger partial charge in [0.05, 0.1) is 12.1 Å². The van der Waals surface area contributed by atoms with Crippen LogP contribution >= 0.6 is 0 Å². The first-order valence-electron chi connectivity index (χ1n) is 8.46. The summed E-state index contributed by atoms with van der Waals surface area (Å²) in [7, 11) is 0. The molecule has 2 amide bonds. The number of aliphatic hydroxyl groups excluding tert-OH is 1. The minimum absolute atomic E-state index is 0.0517. The molecule has 1 aromatic carbocycles. The highest BCUT2D eigenvalue weighted by atomic mass is 16.5. The van der Waals surface area contributed by atoms with E-state index in [2.05, 4.69) is 10.6 Å². The Balaban J connectivity index is 1.64. The predicted molar refractivity (Wildman–Crippen MR) is 88.4 cm³/mol. The Morgan fingerprint density at radius 2 is 1.87 bits per heavy atom.